The number of amidine groups is 4. The molecule has 4 aromatic rings. The van der Waals surface area contributed by atoms with E-state index in [1.165, 1.54) is 0 Å². The number of carbonyl (C=O) groups excluding carboxylic acids is 4. The van der Waals surface area contributed by atoms with E-state index in [4.69, 9.17) is 20.4 Å². The van der Waals surface area contributed by atoms with Gasteiger partial charge in [-0.2, -0.15) is 0 Å². The van der Waals surface area contributed by atoms with E-state index in [1.54, 1.807) is 24.3 Å². The summed E-state index contributed by atoms with van der Waals surface area (Å²) in [5.41, 5.74) is 6.13. The molecule has 1 unspecified atom stereocenters. The minimum Gasteiger partial charge on any atom is -0.481 e. The summed E-state index contributed by atoms with van der Waals surface area (Å²) in [6.07, 6.45) is 12.9. The Labute approximate surface area is 477 Å². The maximum atomic E-state index is 12.9. The standard InChI is InChI=1S/C55H44N10O12S4/c1-55(25-42-50(77)63-54(59-42)81-29-46(72)73)20-18-38(19-21-55)65(35-12-6-32(7-13-35)24-41-49(76)62-53(58-41)80-28-45(70)71)37-16-14-36(15-17-37)64(33-8-2-30(3-9-33)22-39-47(74)60-51(56-39)78-26-43(66)67)34-10-4-31(5-11-34)23-40-48(75)61-52(57-40)79-27-44(68)69/h2-20,22-25H,21,26-29H2,1H3,(H,66,67)(H,68,69)(H,70,71)(H,72,73)(H,56,60,74)(H,57,61,75)(H,58,62,76)(H,59,63,77)/b39-22-,40-23-,41-24-,42-25-. The molecule has 4 aliphatic heterocycles. The fourth-order valence-electron chi connectivity index (χ4n) is 8.18. The fraction of sp³-hybridized carbons (Fsp3) is 0.127. The second kappa shape index (κ2) is 24.8. The summed E-state index contributed by atoms with van der Waals surface area (Å²) >= 11 is 3.61. The van der Waals surface area contributed by atoms with E-state index in [1.807, 2.05) is 132 Å². The van der Waals surface area contributed by atoms with Gasteiger partial charge in [0.1, 0.15) is 22.8 Å². The second-order valence-corrected chi connectivity index (χ2v) is 21.8. The number of benzene rings is 4. The van der Waals surface area contributed by atoms with Crippen molar-refractivity contribution in [1.29, 1.82) is 0 Å². The van der Waals surface area contributed by atoms with E-state index in [-0.39, 0.29) is 66.5 Å². The first-order valence-corrected chi connectivity index (χ1v) is 28.0. The Morgan fingerprint density at radius 1 is 0.469 bits per heavy atom. The average molecular weight is 1170 g/mol. The topological polar surface area (TPSA) is 322 Å². The van der Waals surface area contributed by atoms with E-state index < -0.39 is 52.9 Å². The zero-order chi connectivity index (χ0) is 57.4. The zero-order valence-electron chi connectivity index (χ0n) is 42.2. The van der Waals surface area contributed by atoms with Gasteiger partial charge in [-0.15, -0.1) is 0 Å². The maximum Gasteiger partial charge on any atom is 0.313 e. The molecule has 0 radical (unpaired) electrons. The fourth-order valence-corrected chi connectivity index (χ4v) is 10.5. The van der Waals surface area contributed by atoms with Gasteiger partial charge in [0, 0.05) is 39.5 Å². The molecule has 4 aromatic carbocycles. The monoisotopic (exact) mass is 1160 g/mol. The Hall–Kier alpha value is -9.24. The van der Waals surface area contributed by atoms with Crippen molar-refractivity contribution in [2.24, 2.45) is 25.4 Å². The van der Waals surface area contributed by atoms with Crippen molar-refractivity contribution in [2.75, 3.05) is 32.8 Å². The normalized spacial score (nSPS) is 19.4. The van der Waals surface area contributed by atoms with Crippen molar-refractivity contribution in [1.82, 2.24) is 21.3 Å². The van der Waals surface area contributed by atoms with E-state index in [0.717, 1.165) is 69.8 Å². The minimum atomic E-state index is -1.05. The number of allylic oxidation sites excluding steroid dienone is 4. The Bertz CT molecular complexity index is 3520. The molecule has 22 nitrogen and oxygen atoms in total. The summed E-state index contributed by atoms with van der Waals surface area (Å²) in [7, 11) is 0. The highest BCUT2D eigenvalue weighted by atomic mass is 32.2. The molecule has 26 heteroatoms. The molecule has 0 saturated carbocycles. The SMILES string of the molecule is CC1(/C=C2\N=C(SCC(=O)O)NC2=O)C=CC(N(c2ccc(/C=C3\N=C(SCC(=O)O)NC3=O)cc2)c2ccc(N(c3ccc(/C=C4\N=C(SCC(=O)O)NC4=O)cc3)c3ccc(/C=C4\N=C(SCC(=O)O)NC4=O)cc3)cc2)=CC1. The number of amides is 4. The highest BCUT2D eigenvalue weighted by Crippen LogP contribution is 2.41. The molecular formula is C55H44N10O12S4. The first-order valence-electron chi connectivity index (χ1n) is 24.1. The molecule has 8 N–H and O–H groups in total. The number of anilines is 5. The van der Waals surface area contributed by atoms with Crippen molar-refractivity contribution in [3.05, 3.63) is 167 Å². The molecule has 0 aromatic heterocycles. The van der Waals surface area contributed by atoms with Crippen molar-refractivity contribution in [3.8, 4) is 0 Å². The van der Waals surface area contributed by atoms with Crippen LogP contribution in [0.2, 0.25) is 0 Å². The van der Waals surface area contributed by atoms with Crippen molar-refractivity contribution < 1.29 is 58.8 Å². The minimum absolute atomic E-state index is 0.109. The number of thioether (sulfide) groups is 4. The predicted octanol–water partition coefficient (Wildman–Crippen LogP) is 7.27. The van der Waals surface area contributed by atoms with Crippen LogP contribution in [-0.2, 0) is 38.4 Å². The summed E-state index contributed by atoms with van der Waals surface area (Å²) in [5, 5.41) is 47.6. The molecule has 0 spiro atoms. The number of rotatable bonds is 18. The number of nitrogens with zero attached hydrogens (tertiary/aromatic N) is 6. The lowest BCUT2D eigenvalue weighted by Gasteiger charge is -2.32. The molecular weight excluding hydrogens is 1120 g/mol. The first kappa shape index (κ1) is 56.5. The van der Waals surface area contributed by atoms with Crippen LogP contribution in [0.5, 0.6) is 0 Å². The van der Waals surface area contributed by atoms with Gasteiger partial charge in [-0.25, -0.2) is 20.0 Å². The van der Waals surface area contributed by atoms with Crippen LogP contribution in [0, 0.1) is 5.41 Å². The summed E-state index contributed by atoms with van der Waals surface area (Å²) in [6, 6.07) is 29.8. The summed E-state index contributed by atoms with van der Waals surface area (Å²) in [5.74, 6) is -7.13. The second-order valence-electron chi connectivity index (χ2n) is 18.0. The summed E-state index contributed by atoms with van der Waals surface area (Å²) < 4.78 is 0. The van der Waals surface area contributed by atoms with Crippen LogP contribution < -0.4 is 31.1 Å². The smallest absolute Gasteiger partial charge is 0.313 e. The third kappa shape index (κ3) is 14.5. The number of nitrogens with one attached hydrogen (secondary N) is 4. The number of hydrogen-bond donors (Lipinski definition) is 8. The Kier molecular flexibility index (Phi) is 17.3. The third-order valence-electron chi connectivity index (χ3n) is 11.9. The maximum absolute atomic E-state index is 12.9. The van der Waals surface area contributed by atoms with Gasteiger partial charge < -0.3 is 30.2 Å². The highest BCUT2D eigenvalue weighted by Gasteiger charge is 2.30. The van der Waals surface area contributed by atoms with Gasteiger partial charge >= 0.3 is 23.9 Å². The van der Waals surface area contributed by atoms with Crippen LogP contribution in [0.1, 0.15) is 30.0 Å². The quantitative estimate of drug-likeness (QED) is 0.0454. The molecule has 1 aliphatic carbocycles. The number of carboxylic acid groups (broad SMARTS) is 4. The number of carboxylic acids is 4. The molecule has 9 rings (SSSR count). The molecule has 81 heavy (non-hydrogen) atoms. The van der Waals surface area contributed by atoms with Gasteiger partial charge in [0.2, 0.25) is 0 Å². The van der Waals surface area contributed by atoms with Crippen LogP contribution in [0.15, 0.2) is 170 Å². The lowest BCUT2D eigenvalue weighted by Crippen LogP contribution is -2.24. The van der Waals surface area contributed by atoms with Crippen molar-refractivity contribution in [2.45, 2.75) is 13.3 Å². The van der Waals surface area contributed by atoms with E-state index in [0.29, 0.717) is 34.5 Å². The summed E-state index contributed by atoms with van der Waals surface area (Å²) in [6.45, 7) is 1.95. The van der Waals surface area contributed by atoms with Crippen molar-refractivity contribution >= 4 is 162 Å². The largest absolute Gasteiger partial charge is 0.481 e. The van der Waals surface area contributed by atoms with Crippen LogP contribution >= 0.6 is 47.0 Å². The third-order valence-corrected chi connectivity index (χ3v) is 15.3. The predicted molar refractivity (Wildman–Crippen MR) is 314 cm³/mol. The zero-order valence-corrected chi connectivity index (χ0v) is 45.5. The number of hydrogen-bond acceptors (Lipinski definition) is 18. The lowest BCUT2D eigenvalue weighted by molar-refractivity contribution is -0.134. The molecule has 1 atom stereocenters. The Morgan fingerprint density at radius 2 is 0.753 bits per heavy atom. The van der Waals surface area contributed by atoms with Gasteiger partial charge in [0.25, 0.3) is 23.6 Å². The molecule has 0 bridgehead atoms. The lowest BCUT2D eigenvalue weighted by atomic mass is 9.82. The van der Waals surface area contributed by atoms with Gasteiger partial charge in [0.15, 0.2) is 20.7 Å². The van der Waals surface area contributed by atoms with Gasteiger partial charge in [-0.05, 0) is 114 Å². The van der Waals surface area contributed by atoms with Gasteiger partial charge in [-0.1, -0.05) is 103 Å². The molecule has 4 amide bonds. The average Bonchev–Trinajstić information content (AvgIpc) is 4.25. The van der Waals surface area contributed by atoms with Crippen LogP contribution in [0.4, 0.5) is 28.4 Å². The number of aliphatic carboxylic acids is 4. The highest BCUT2D eigenvalue weighted by molar-refractivity contribution is 8.15. The van der Waals surface area contributed by atoms with E-state index in [2.05, 4.69) is 41.2 Å². The number of carbonyl (C=O) groups is 8. The summed E-state index contributed by atoms with van der Waals surface area (Å²) in [4.78, 5) is 117. The first-order chi connectivity index (χ1) is 38.8. The van der Waals surface area contributed by atoms with Crippen LogP contribution in [0.25, 0.3) is 18.2 Å². The molecule has 0 saturated heterocycles. The molecule has 410 valence electrons. The van der Waals surface area contributed by atoms with E-state index >= 15 is 0 Å². The Balaban J connectivity index is 1.05. The van der Waals surface area contributed by atoms with Gasteiger partial charge in [-0.3, -0.25) is 59.6 Å². The number of aliphatic imine (C=N–C) groups is 4. The van der Waals surface area contributed by atoms with Crippen LogP contribution in [-0.4, -0.2) is 112 Å². The molecule has 5 aliphatic rings. The molecule has 4 heterocycles. The van der Waals surface area contributed by atoms with Crippen LogP contribution in [0.3, 0.4) is 0 Å². The van der Waals surface area contributed by atoms with Crippen molar-refractivity contribution in [3.63, 3.8) is 0 Å². The van der Waals surface area contributed by atoms with E-state index in [9.17, 15) is 38.4 Å². The Morgan fingerprint density at radius 3 is 1.05 bits per heavy atom. The van der Waals surface area contributed by atoms with Gasteiger partial charge in [0.05, 0.1) is 23.0 Å². The molecule has 0 fully saturated rings.